The molecule has 0 heterocycles. The summed E-state index contributed by atoms with van der Waals surface area (Å²) in [7, 11) is 0. The van der Waals surface area contributed by atoms with E-state index in [1.807, 2.05) is 0 Å². The molecular formula is C49H80O4. The molecule has 300 valence electrons. The van der Waals surface area contributed by atoms with Crippen LogP contribution in [0.4, 0.5) is 0 Å². The first-order valence-electron chi connectivity index (χ1n) is 21.5. The van der Waals surface area contributed by atoms with Gasteiger partial charge in [0.15, 0.2) is 0 Å². The Morgan fingerprint density at radius 1 is 0.472 bits per heavy atom. The summed E-state index contributed by atoms with van der Waals surface area (Å²) in [5.74, 6) is -0.241. The van der Waals surface area contributed by atoms with E-state index in [-0.39, 0.29) is 19.2 Å². The fourth-order valence-corrected chi connectivity index (χ4v) is 5.39. The Morgan fingerprint density at radius 2 is 0.849 bits per heavy atom. The Kier molecular flexibility index (Phi) is 42.7. The average molecular weight is 733 g/mol. The standard InChI is InChI=1S/C49H80O4/c1-3-5-7-9-11-13-15-17-19-21-22-23-24-25-26-27-28-29-30-32-34-36-38-40-42-44-49(51)53-48(46-50)47-52-45-43-41-39-37-35-33-31-20-18-16-14-12-10-8-6-4-2/h5,7,11-14,17-20,22-23,25-26,28-29,32,34,48,50H,3-4,6,8-10,15-16,21,24,27,30-31,33,35-47H2,1-2H3/b7-5-,13-11-,14-12-,19-17-,20-18-,23-22-,26-25-,29-28-,34-32-. The number of ether oxygens (including phenoxy) is 2. The molecule has 0 spiro atoms. The first-order chi connectivity index (χ1) is 26.2. The summed E-state index contributed by atoms with van der Waals surface area (Å²) < 4.78 is 11.1. The topological polar surface area (TPSA) is 55.8 Å². The van der Waals surface area contributed by atoms with Crippen molar-refractivity contribution in [2.24, 2.45) is 0 Å². The Hall–Kier alpha value is -2.95. The number of unbranched alkanes of at least 4 members (excludes halogenated alkanes) is 12. The minimum Gasteiger partial charge on any atom is -0.457 e. The molecule has 1 atom stereocenters. The summed E-state index contributed by atoms with van der Waals surface area (Å²) in [5.41, 5.74) is 0. The van der Waals surface area contributed by atoms with Gasteiger partial charge in [0, 0.05) is 13.0 Å². The van der Waals surface area contributed by atoms with Gasteiger partial charge in [-0.25, -0.2) is 0 Å². The minimum absolute atomic E-state index is 0.197. The third kappa shape index (κ3) is 43.3. The Morgan fingerprint density at radius 3 is 1.28 bits per heavy atom. The van der Waals surface area contributed by atoms with Crippen LogP contribution in [0.2, 0.25) is 0 Å². The van der Waals surface area contributed by atoms with Gasteiger partial charge < -0.3 is 14.6 Å². The zero-order valence-electron chi connectivity index (χ0n) is 34.2. The maximum atomic E-state index is 12.2. The van der Waals surface area contributed by atoms with E-state index in [1.54, 1.807) is 0 Å². The van der Waals surface area contributed by atoms with Crippen LogP contribution in [0.15, 0.2) is 109 Å². The zero-order chi connectivity index (χ0) is 38.4. The summed E-state index contributed by atoms with van der Waals surface area (Å²) >= 11 is 0. The Bertz CT molecular complexity index is 1040. The molecule has 0 rings (SSSR count). The number of aliphatic hydroxyl groups excluding tert-OH is 1. The second kappa shape index (κ2) is 45.2. The minimum atomic E-state index is -0.566. The van der Waals surface area contributed by atoms with Gasteiger partial charge in [-0.05, 0) is 103 Å². The number of aliphatic hydroxyl groups is 1. The van der Waals surface area contributed by atoms with E-state index < -0.39 is 6.10 Å². The molecule has 0 aromatic carbocycles. The molecule has 0 saturated carbocycles. The molecule has 1 unspecified atom stereocenters. The van der Waals surface area contributed by atoms with E-state index in [1.165, 1.54) is 57.8 Å². The molecule has 0 fully saturated rings. The van der Waals surface area contributed by atoms with E-state index >= 15 is 0 Å². The van der Waals surface area contributed by atoms with Gasteiger partial charge in [-0.2, -0.15) is 0 Å². The fourth-order valence-electron chi connectivity index (χ4n) is 5.39. The van der Waals surface area contributed by atoms with Crippen LogP contribution in [-0.4, -0.2) is 37.0 Å². The first-order valence-corrected chi connectivity index (χ1v) is 21.5. The van der Waals surface area contributed by atoms with Crippen LogP contribution in [-0.2, 0) is 14.3 Å². The first kappa shape index (κ1) is 50.1. The van der Waals surface area contributed by atoms with E-state index in [9.17, 15) is 9.90 Å². The van der Waals surface area contributed by atoms with Crippen LogP contribution in [0.3, 0.4) is 0 Å². The molecule has 1 N–H and O–H groups in total. The summed E-state index contributed by atoms with van der Waals surface area (Å²) in [6.45, 7) is 5.13. The van der Waals surface area contributed by atoms with Crippen LogP contribution < -0.4 is 0 Å². The Labute approximate surface area is 327 Å². The number of allylic oxidation sites excluding steroid dienone is 18. The lowest BCUT2D eigenvalue weighted by Gasteiger charge is -2.15. The molecule has 4 heteroatoms. The molecule has 0 aromatic rings. The van der Waals surface area contributed by atoms with Crippen LogP contribution in [0.5, 0.6) is 0 Å². The molecule has 0 aliphatic rings. The highest BCUT2D eigenvalue weighted by Gasteiger charge is 2.13. The van der Waals surface area contributed by atoms with Crippen molar-refractivity contribution in [1.82, 2.24) is 0 Å². The van der Waals surface area contributed by atoms with Gasteiger partial charge in [-0.15, -0.1) is 0 Å². The maximum absolute atomic E-state index is 12.2. The van der Waals surface area contributed by atoms with Crippen molar-refractivity contribution >= 4 is 5.97 Å². The molecular weight excluding hydrogens is 653 g/mol. The van der Waals surface area contributed by atoms with Gasteiger partial charge in [0.05, 0.1) is 13.2 Å². The van der Waals surface area contributed by atoms with Crippen molar-refractivity contribution in [2.75, 3.05) is 19.8 Å². The van der Waals surface area contributed by atoms with Crippen molar-refractivity contribution in [2.45, 2.75) is 174 Å². The molecule has 0 bridgehead atoms. The highest BCUT2D eigenvalue weighted by atomic mass is 16.6. The van der Waals surface area contributed by atoms with Gasteiger partial charge in [0.1, 0.15) is 6.10 Å². The van der Waals surface area contributed by atoms with Gasteiger partial charge in [-0.3, -0.25) is 4.79 Å². The van der Waals surface area contributed by atoms with Crippen molar-refractivity contribution in [1.29, 1.82) is 0 Å². The lowest BCUT2D eigenvalue weighted by atomic mass is 10.1. The van der Waals surface area contributed by atoms with Gasteiger partial charge in [0.25, 0.3) is 0 Å². The SMILES string of the molecule is CC/C=C\C/C=C\C/C=C\C/C=C\C/C=C\C/C=C\C/C=C\CCCCCC(=O)OC(CO)COCCCCCCCC/C=C\C/C=C\CCCCC. The molecule has 53 heavy (non-hydrogen) atoms. The van der Waals surface area contributed by atoms with Crippen molar-refractivity contribution < 1.29 is 19.4 Å². The molecule has 0 aromatic heterocycles. The molecule has 0 aliphatic carbocycles. The highest BCUT2D eigenvalue weighted by Crippen LogP contribution is 2.10. The smallest absolute Gasteiger partial charge is 0.306 e. The number of carbonyl (C=O) groups is 1. The van der Waals surface area contributed by atoms with Crippen molar-refractivity contribution in [3.8, 4) is 0 Å². The summed E-state index contributed by atoms with van der Waals surface area (Å²) in [6.07, 6.45) is 65.7. The quantitative estimate of drug-likeness (QED) is 0.0390. The summed E-state index contributed by atoms with van der Waals surface area (Å²) in [6, 6.07) is 0. The monoisotopic (exact) mass is 733 g/mol. The third-order valence-electron chi connectivity index (χ3n) is 8.58. The summed E-state index contributed by atoms with van der Waals surface area (Å²) in [4.78, 5) is 12.2. The van der Waals surface area contributed by atoms with E-state index in [4.69, 9.17) is 9.47 Å². The van der Waals surface area contributed by atoms with E-state index in [0.717, 1.165) is 89.9 Å². The van der Waals surface area contributed by atoms with Gasteiger partial charge in [-0.1, -0.05) is 168 Å². The third-order valence-corrected chi connectivity index (χ3v) is 8.58. The average Bonchev–Trinajstić information content (AvgIpc) is 3.16. The van der Waals surface area contributed by atoms with E-state index in [2.05, 4.69) is 123 Å². The number of rotatable bonds is 38. The predicted molar refractivity (Wildman–Crippen MR) is 232 cm³/mol. The molecule has 0 radical (unpaired) electrons. The summed E-state index contributed by atoms with van der Waals surface area (Å²) in [5, 5.41) is 9.60. The normalized spacial score (nSPS) is 13.5. The lowest BCUT2D eigenvalue weighted by Crippen LogP contribution is -2.27. The number of hydrogen-bond donors (Lipinski definition) is 1. The predicted octanol–water partition coefficient (Wildman–Crippen LogP) is 14.3. The number of hydrogen-bond acceptors (Lipinski definition) is 4. The van der Waals surface area contributed by atoms with Crippen molar-refractivity contribution in [3.63, 3.8) is 0 Å². The molecule has 4 nitrogen and oxygen atoms in total. The van der Waals surface area contributed by atoms with Crippen LogP contribution in [0.25, 0.3) is 0 Å². The van der Waals surface area contributed by atoms with Gasteiger partial charge in [0.2, 0.25) is 0 Å². The Balaban J connectivity index is 3.61. The van der Waals surface area contributed by atoms with Crippen LogP contribution >= 0.6 is 0 Å². The second-order valence-corrected chi connectivity index (χ2v) is 13.7. The number of esters is 1. The highest BCUT2D eigenvalue weighted by molar-refractivity contribution is 5.69. The molecule has 0 amide bonds. The van der Waals surface area contributed by atoms with Gasteiger partial charge >= 0.3 is 5.97 Å². The maximum Gasteiger partial charge on any atom is 0.306 e. The lowest BCUT2D eigenvalue weighted by molar-refractivity contribution is -0.154. The second-order valence-electron chi connectivity index (χ2n) is 13.7. The molecule has 0 aliphatic heterocycles. The van der Waals surface area contributed by atoms with Crippen LogP contribution in [0, 0.1) is 0 Å². The van der Waals surface area contributed by atoms with E-state index in [0.29, 0.717) is 13.0 Å². The largest absolute Gasteiger partial charge is 0.457 e. The number of carbonyl (C=O) groups excluding carboxylic acids is 1. The van der Waals surface area contributed by atoms with Crippen molar-refractivity contribution in [3.05, 3.63) is 109 Å². The van der Waals surface area contributed by atoms with Crippen LogP contribution in [0.1, 0.15) is 168 Å². The fraction of sp³-hybridized carbons (Fsp3) is 0.612. The zero-order valence-corrected chi connectivity index (χ0v) is 34.2. The molecule has 0 saturated heterocycles.